The molecular weight excluding hydrogens is 457 g/mol. The van der Waals surface area contributed by atoms with Gasteiger partial charge in [0.2, 0.25) is 0 Å². The summed E-state index contributed by atoms with van der Waals surface area (Å²) in [4.78, 5) is 31.8. The molecular formula is C19H10Cl3N3O3S. The molecule has 0 aliphatic rings. The van der Waals surface area contributed by atoms with Crippen LogP contribution in [0.5, 0.6) is 0 Å². The number of nitro groups is 1. The topological polar surface area (TPSA) is 86.0 Å². The van der Waals surface area contributed by atoms with E-state index >= 15 is 0 Å². The summed E-state index contributed by atoms with van der Waals surface area (Å²) in [6.07, 6.45) is 5.83. The number of hydrogen-bond acceptors (Lipinski definition) is 6. The van der Waals surface area contributed by atoms with E-state index < -0.39 is 10.7 Å². The Hall–Kier alpha value is -2.45. The van der Waals surface area contributed by atoms with Crippen molar-refractivity contribution in [2.45, 2.75) is 10.1 Å². The molecule has 0 atom stereocenters. The highest BCUT2D eigenvalue weighted by molar-refractivity contribution is 7.99. The third-order valence-corrected chi connectivity index (χ3v) is 5.90. The molecule has 29 heavy (non-hydrogen) atoms. The Bertz CT molecular complexity index is 1120. The first-order valence-corrected chi connectivity index (χ1v) is 9.91. The Labute approximate surface area is 184 Å². The molecule has 3 aromatic rings. The predicted molar refractivity (Wildman–Crippen MR) is 114 cm³/mol. The molecule has 1 aromatic heterocycles. The van der Waals surface area contributed by atoms with Crippen molar-refractivity contribution in [2.75, 3.05) is 0 Å². The first-order chi connectivity index (χ1) is 13.9. The van der Waals surface area contributed by atoms with E-state index in [4.69, 9.17) is 34.8 Å². The van der Waals surface area contributed by atoms with Gasteiger partial charge in [-0.2, -0.15) is 0 Å². The molecule has 0 radical (unpaired) electrons. The van der Waals surface area contributed by atoms with E-state index in [0.29, 0.717) is 15.6 Å². The summed E-state index contributed by atoms with van der Waals surface area (Å²) in [7, 11) is 0. The van der Waals surface area contributed by atoms with Gasteiger partial charge in [0, 0.05) is 24.0 Å². The Kier molecular flexibility index (Phi) is 6.87. The molecule has 0 aliphatic carbocycles. The van der Waals surface area contributed by atoms with Crippen molar-refractivity contribution in [3.8, 4) is 0 Å². The number of benzene rings is 2. The minimum absolute atomic E-state index is 0.0504. The summed E-state index contributed by atoms with van der Waals surface area (Å²) in [5.74, 6) is -0.410. The lowest BCUT2D eigenvalue weighted by atomic mass is 10.1. The van der Waals surface area contributed by atoms with Gasteiger partial charge in [0.25, 0.3) is 5.69 Å². The monoisotopic (exact) mass is 465 g/mol. The SMILES string of the molecule is O=C(C=Cc1ccc(Sc2ncccn2)c([N+](=O)[O-])c1)c1ccc(Cl)c(Cl)c1Cl. The van der Waals surface area contributed by atoms with Crippen LogP contribution in [0, 0.1) is 10.1 Å². The third kappa shape index (κ3) is 5.13. The molecule has 0 amide bonds. The fraction of sp³-hybridized carbons (Fsp3) is 0. The lowest BCUT2D eigenvalue weighted by molar-refractivity contribution is -0.387. The molecule has 146 valence electrons. The van der Waals surface area contributed by atoms with Crippen LogP contribution in [-0.4, -0.2) is 20.7 Å². The van der Waals surface area contributed by atoms with Gasteiger partial charge in [0.1, 0.15) is 0 Å². The van der Waals surface area contributed by atoms with Crippen molar-refractivity contribution in [3.05, 3.63) is 91.2 Å². The van der Waals surface area contributed by atoms with Crippen LogP contribution in [-0.2, 0) is 0 Å². The lowest BCUT2D eigenvalue weighted by Crippen LogP contribution is -1.96. The fourth-order valence-corrected chi connectivity index (χ4v) is 3.71. The van der Waals surface area contributed by atoms with Crippen molar-refractivity contribution in [1.29, 1.82) is 0 Å². The van der Waals surface area contributed by atoms with Gasteiger partial charge in [-0.3, -0.25) is 14.9 Å². The highest BCUT2D eigenvalue weighted by Crippen LogP contribution is 2.35. The van der Waals surface area contributed by atoms with Crippen molar-refractivity contribution < 1.29 is 9.72 Å². The van der Waals surface area contributed by atoms with Crippen LogP contribution >= 0.6 is 46.6 Å². The van der Waals surface area contributed by atoms with Crippen LogP contribution in [0.2, 0.25) is 15.1 Å². The highest BCUT2D eigenvalue weighted by Gasteiger charge is 2.17. The Balaban J connectivity index is 1.86. The Morgan fingerprint density at radius 1 is 1.07 bits per heavy atom. The molecule has 0 fully saturated rings. The standard InChI is InChI=1S/C19H10Cl3N3O3S/c20-13-5-4-12(17(21)18(13)22)15(26)6-2-11-3-7-16(14(10-11)25(27)28)29-19-23-8-1-9-24-19/h1-10H. The van der Waals surface area contributed by atoms with Crippen molar-refractivity contribution in [2.24, 2.45) is 0 Å². The molecule has 6 nitrogen and oxygen atoms in total. The minimum atomic E-state index is -0.500. The number of allylic oxidation sites excluding steroid dienone is 1. The molecule has 0 bridgehead atoms. The van der Waals surface area contributed by atoms with E-state index in [1.807, 2.05) is 0 Å². The number of carbonyl (C=O) groups is 1. The molecule has 2 aromatic carbocycles. The molecule has 0 spiro atoms. The van der Waals surface area contributed by atoms with Crippen LogP contribution in [0.3, 0.4) is 0 Å². The van der Waals surface area contributed by atoms with Crippen LogP contribution in [0.4, 0.5) is 5.69 Å². The number of halogens is 3. The number of ketones is 1. The van der Waals surface area contributed by atoms with Gasteiger partial charge in [0.05, 0.1) is 24.9 Å². The molecule has 0 saturated heterocycles. The summed E-state index contributed by atoms with van der Waals surface area (Å²) in [5.41, 5.74) is 0.532. The maximum absolute atomic E-state index is 12.4. The molecule has 3 rings (SSSR count). The maximum Gasteiger partial charge on any atom is 0.283 e. The second-order valence-corrected chi connectivity index (χ2v) is 7.71. The maximum atomic E-state index is 12.4. The van der Waals surface area contributed by atoms with Gasteiger partial charge in [-0.05, 0) is 47.7 Å². The first-order valence-electron chi connectivity index (χ1n) is 7.96. The zero-order valence-corrected chi connectivity index (χ0v) is 17.5. The van der Waals surface area contributed by atoms with Crippen LogP contribution in [0.25, 0.3) is 6.08 Å². The predicted octanol–water partition coefficient (Wildman–Crippen LogP) is 6.39. The summed E-state index contributed by atoms with van der Waals surface area (Å²) in [6, 6.07) is 9.19. The van der Waals surface area contributed by atoms with Crippen LogP contribution in [0.1, 0.15) is 15.9 Å². The quantitative estimate of drug-likeness (QED) is 0.104. The van der Waals surface area contributed by atoms with Gasteiger partial charge in [0.15, 0.2) is 10.9 Å². The zero-order chi connectivity index (χ0) is 21.0. The van der Waals surface area contributed by atoms with E-state index in [0.717, 1.165) is 11.8 Å². The fourth-order valence-electron chi connectivity index (χ4n) is 2.28. The molecule has 10 heteroatoms. The van der Waals surface area contributed by atoms with Gasteiger partial charge < -0.3 is 0 Å². The minimum Gasteiger partial charge on any atom is -0.289 e. The van der Waals surface area contributed by atoms with Gasteiger partial charge in [-0.25, -0.2) is 9.97 Å². The summed E-state index contributed by atoms with van der Waals surface area (Å²) in [5, 5.41) is 12.2. The number of carbonyl (C=O) groups excluding carboxylic acids is 1. The second-order valence-electron chi connectivity index (χ2n) is 5.54. The van der Waals surface area contributed by atoms with E-state index in [-0.39, 0.29) is 26.3 Å². The summed E-state index contributed by atoms with van der Waals surface area (Å²) in [6.45, 7) is 0. The summed E-state index contributed by atoms with van der Waals surface area (Å²) < 4.78 is 0. The van der Waals surface area contributed by atoms with Crippen molar-refractivity contribution in [3.63, 3.8) is 0 Å². The number of hydrogen-bond donors (Lipinski definition) is 0. The zero-order valence-electron chi connectivity index (χ0n) is 14.4. The largest absolute Gasteiger partial charge is 0.289 e. The Morgan fingerprint density at radius 2 is 1.79 bits per heavy atom. The van der Waals surface area contributed by atoms with Crippen LogP contribution < -0.4 is 0 Å². The molecule has 1 heterocycles. The molecule has 0 N–H and O–H groups in total. The van der Waals surface area contributed by atoms with Gasteiger partial charge >= 0.3 is 0 Å². The lowest BCUT2D eigenvalue weighted by Gasteiger charge is -2.04. The number of rotatable bonds is 6. The average Bonchev–Trinajstić information content (AvgIpc) is 2.71. The van der Waals surface area contributed by atoms with Gasteiger partial charge in [-0.15, -0.1) is 0 Å². The smallest absolute Gasteiger partial charge is 0.283 e. The van der Waals surface area contributed by atoms with E-state index in [9.17, 15) is 14.9 Å². The average molecular weight is 467 g/mol. The molecule has 0 unspecified atom stereocenters. The van der Waals surface area contributed by atoms with Crippen molar-refractivity contribution in [1.82, 2.24) is 9.97 Å². The second kappa shape index (κ2) is 9.37. The van der Waals surface area contributed by atoms with E-state index in [1.54, 1.807) is 30.6 Å². The van der Waals surface area contributed by atoms with Gasteiger partial charge in [-0.1, -0.05) is 46.9 Å². The molecule has 0 aliphatic heterocycles. The third-order valence-electron chi connectivity index (χ3n) is 3.65. The number of nitro benzene ring substituents is 1. The van der Waals surface area contributed by atoms with Crippen LogP contribution in [0.15, 0.2) is 64.9 Å². The van der Waals surface area contributed by atoms with E-state index in [1.165, 1.54) is 30.4 Å². The number of aromatic nitrogens is 2. The molecule has 0 saturated carbocycles. The number of nitrogens with zero attached hydrogens (tertiary/aromatic N) is 3. The normalized spacial score (nSPS) is 11.0. The highest BCUT2D eigenvalue weighted by atomic mass is 35.5. The summed E-state index contributed by atoms with van der Waals surface area (Å²) >= 11 is 19.0. The van der Waals surface area contributed by atoms with E-state index in [2.05, 4.69) is 9.97 Å². The Morgan fingerprint density at radius 3 is 2.48 bits per heavy atom. The van der Waals surface area contributed by atoms with Crippen molar-refractivity contribution >= 4 is 64.1 Å². The first kappa shape index (κ1) is 21.3.